The molecule has 38 heavy (non-hydrogen) atoms. The molecule has 2 amide bonds. The predicted octanol–water partition coefficient (Wildman–Crippen LogP) is 2.23. The van der Waals surface area contributed by atoms with Gasteiger partial charge in [-0.2, -0.15) is 0 Å². The molecule has 2 aromatic carbocycles. The first-order valence-electron chi connectivity index (χ1n) is 12.7. The average molecular weight is 523 g/mol. The topological polar surface area (TPSA) is 150 Å². The van der Waals surface area contributed by atoms with Crippen molar-refractivity contribution < 1.29 is 19.5 Å². The van der Waals surface area contributed by atoms with Gasteiger partial charge < -0.3 is 20.7 Å². The number of aliphatic carboxylic acids is 1. The van der Waals surface area contributed by atoms with Crippen LogP contribution in [0.3, 0.4) is 0 Å². The molecule has 202 valence electrons. The van der Waals surface area contributed by atoms with Gasteiger partial charge in [0.15, 0.2) is 0 Å². The highest BCUT2D eigenvalue weighted by atomic mass is 16.4. The van der Waals surface area contributed by atoms with Crippen molar-refractivity contribution >= 4 is 28.7 Å². The summed E-state index contributed by atoms with van der Waals surface area (Å²) in [5.74, 6) is -3.27. The third-order valence-electron chi connectivity index (χ3n) is 6.75. The Kier molecular flexibility index (Phi) is 9.22. The molecule has 0 saturated heterocycles. The molecule has 0 bridgehead atoms. The molecule has 1 aromatic heterocycles. The lowest BCUT2D eigenvalue weighted by Crippen LogP contribution is -2.57. The first kappa shape index (κ1) is 28.4. The molecule has 0 aliphatic carbocycles. The van der Waals surface area contributed by atoms with Gasteiger partial charge in [-0.3, -0.25) is 14.4 Å². The van der Waals surface area contributed by atoms with E-state index in [1.165, 1.54) is 0 Å². The number of benzene rings is 2. The molecule has 4 N–H and O–H groups in total. The van der Waals surface area contributed by atoms with Crippen LogP contribution in [0.1, 0.15) is 45.7 Å². The molecule has 1 unspecified atom stereocenters. The van der Waals surface area contributed by atoms with Crippen LogP contribution in [0.5, 0.6) is 0 Å². The van der Waals surface area contributed by atoms with Gasteiger partial charge in [-0.05, 0) is 29.5 Å². The monoisotopic (exact) mass is 522 g/mol. The Morgan fingerprint density at radius 3 is 2.11 bits per heavy atom. The number of rotatable bonds is 11. The second kappa shape index (κ2) is 12.4. The lowest BCUT2D eigenvalue weighted by molar-refractivity contribution is -0.143. The van der Waals surface area contributed by atoms with Gasteiger partial charge in [0.25, 0.3) is 5.56 Å². The van der Waals surface area contributed by atoms with Crippen molar-refractivity contribution in [3.05, 3.63) is 81.0 Å². The average Bonchev–Trinajstić information content (AvgIpc) is 2.89. The summed E-state index contributed by atoms with van der Waals surface area (Å²) in [6.45, 7) is 6.94. The van der Waals surface area contributed by atoms with Crippen molar-refractivity contribution in [1.82, 2.24) is 20.2 Å². The van der Waals surface area contributed by atoms with E-state index in [1.54, 1.807) is 69.3 Å². The molecular formula is C28H34N4O6. The Morgan fingerprint density at radius 2 is 1.50 bits per heavy atom. The van der Waals surface area contributed by atoms with Crippen molar-refractivity contribution in [1.29, 1.82) is 0 Å². The van der Waals surface area contributed by atoms with E-state index < -0.39 is 47.2 Å². The predicted molar refractivity (Wildman–Crippen MR) is 144 cm³/mol. The van der Waals surface area contributed by atoms with Crippen LogP contribution < -0.4 is 21.9 Å². The number of carbonyl (C=O) groups excluding carboxylic acids is 2. The third-order valence-corrected chi connectivity index (χ3v) is 6.75. The van der Waals surface area contributed by atoms with Gasteiger partial charge in [-0.25, -0.2) is 14.2 Å². The Hall–Kier alpha value is -4.21. The van der Waals surface area contributed by atoms with Crippen LogP contribution in [-0.2, 0) is 20.8 Å². The van der Waals surface area contributed by atoms with Crippen molar-refractivity contribution in [2.75, 3.05) is 0 Å². The minimum Gasteiger partial charge on any atom is -0.480 e. The van der Waals surface area contributed by atoms with E-state index in [0.717, 1.165) is 4.57 Å². The van der Waals surface area contributed by atoms with Gasteiger partial charge in [0.1, 0.15) is 18.1 Å². The van der Waals surface area contributed by atoms with Crippen LogP contribution in [0.4, 0.5) is 0 Å². The number of carbonyl (C=O) groups is 3. The molecule has 10 heteroatoms. The second-order valence-corrected chi connectivity index (χ2v) is 9.80. The SMILES string of the molecule is CCC(C)[C@H](NC(=O)[C@H](Cc1ccccc1)n1c(=O)[nH]c2ccccc2c1=O)C(=O)N[C@H](C(=O)O)C(C)C. The van der Waals surface area contributed by atoms with Gasteiger partial charge in [-0.15, -0.1) is 0 Å². The van der Waals surface area contributed by atoms with Gasteiger partial charge >= 0.3 is 11.7 Å². The maximum absolute atomic E-state index is 13.8. The van der Waals surface area contributed by atoms with E-state index in [4.69, 9.17) is 0 Å². The number of nitrogens with one attached hydrogen (secondary N) is 3. The summed E-state index contributed by atoms with van der Waals surface area (Å²) >= 11 is 0. The summed E-state index contributed by atoms with van der Waals surface area (Å²) < 4.78 is 0.879. The highest BCUT2D eigenvalue weighted by Gasteiger charge is 2.34. The van der Waals surface area contributed by atoms with Crippen LogP contribution in [-0.4, -0.2) is 44.5 Å². The number of aromatic nitrogens is 2. The zero-order valence-electron chi connectivity index (χ0n) is 21.9. The molecule has 0 aliphatic heterocycles. The van der Waals surface area contributed by atoms with Crippen LogP contribution in [0.15, 0.2) is 64.2 Å². The van der Waals surface area contributed by atoms with Crippen LogP contribution in [0, 0.1) is 11.8 Å². The minimum atomic E-state index is -1.27. The van der Waals surface area contributed by atoms with E-state index in [2.05, 4.69) is 15.6 Å². The van der Waals surface area contributed by atoms with Gasteiger partial charge in [0.05, 0.1) is 10.9 Å². The summed E-state index contributed by atoms with van der Waals surface area (Å²) in [6, 6.07) is 12.0. The summed E-state index contributed by atoms with van der Waals surface area (Å²) in [6.07, 6.45) is 0.532. The number of hydrogen-bond acceptors (Lipinski definition) is 5. The number of carboxylic acids is 1. The van der Waals surface area contributed by atoms with Gasteiger partial charge in [0.2, 0.25) is 11.8 Å². The fraction of sp³-hybridized carbons (Fsp3) is 0.393. The van der Waals surface area contributed by atoms with Crippen LogP contribution >= 0.6 is 0 Å². The molecule has 10 nitrogen and oxygen atoms in total. The lowest BCUT2D eigenvalue weighted by Gasteiger charge is -2.28. The smallest absolute Gasteiger partial charge is 0.329 e. The van der Waals surface area contributed by atoms with Crippen LogP contribution in [0.25, 0.3) is 10.9 Å². The molecule has 1 heterocycles. The fourth-order valence-corrected chi connectivity index (χ4v) is 4.31. The molecule has 0 spiro atoms. The van der Waals surface area contributed by atoms with E-state index in [0.29, 0.717) is 17.5 Å². The van der Waals surface area contributed by atoms with Gasteiger partial charge in [-0.1, -0.05) is 76.6 Å². The van der Waals surface area contributed by atoms with Crippen molar-refractivity contribution in [3.63, 3.8) is 0 Å². The molecular weight excluding hydrogens is 488 g/mol. The van der Waals surface area contributed by atoms with E-state index >= 15 is 0 Å². The van der Waals surface area contributed by atoms with E-state index in [-0.39, 0.29) is 23.6 Å². The van der Waals surface area contributed by atoms with E-state index in [1.807, 2.05) is 13.0 Å². The number of nitrogens with zero attached hydrogens (tertiary/aromatic N) is 1. The van der Waals surface area contributed by atoms with Crippen molar-refractivity contribution in [2.24, 2.45) is 11.8 Å². The highest BCUT2D eigenvalue weighted by Crippen LogP contribution is 2.16. The number of amides is 2. The number of fused-ring (bicyclic) bond motifs is 1. The molecule has 0 aliphatic rings. The number of hydrogen-bond donors (Lipinski definition) is 4. The quantitative estimate of drug-likeness (QED) is 0.303. The molecule has 0 radical (unpaired) electrons. The summed E-state index contributed by atoms with van der Waals surface area (Å²) in [7, 11) is 0. The molecule has 4 atom stereocenters. The molecule has 3 rings (SSSR count). The van der Waals surface area contributed by atoms with Crippen molar-refractivity contribution in [2.45, 2.75) is 58.7 Å². The first-order valence-corrected chi connectivity index (χ1v) is 12.7. The maximum atomic E-state index is 13.8. The zero-order valence-corrected chi connectivity index (χ0v) is 21.9. The summed E-state index contributed by atoms with van der Waals surface area (Å²) in [4.78, 5) is 67.8. The standard InChI is InChI=1S/C28H34N4O6/c1-5-17(4)23(25(34)30-22(16(2)3)27(36)37)31-24(33)21(15-18-11-7-6-8-12-18)32-26(35)19-13-9-10-14-20(19)29-28(32)38/h6-14,16-17,21-23H,5,15H2,1-4H3,(H,29,38)(H,30,34)(H,31,33)(H,36,37)/t17?,21-,22-,23-/m0/s1. The summed E-state index contributed by atoms with van der Waals surface area (Å²) in [5, 5.41) is 15.0. The zero-order chi connectivity index (χ0) is 28.0. The number of aromatic amines is 1. The molecule has 0 saturated carbocycles. The normalized spacial score (nSPS) is 14.4. The number of carboxylic acid groups (broad SMARTS) is 1. The Balaban J connectivity index is 2.04. The van der Waals surface area contributed by atoms with Crippen LogP contribution in [0.2, 0.25) is 0 Å². The Bertz CT molecular complexity index is 1410. The second-order valence-electron chi connectivity index (χ2n) is 9.80. The third kappa shape index (κ3) is 6.37. The lowest BCUT2D eigenvalue weighted by atomic mass is 9.96. The Labute approximate surface area is 220 Å². The fourth-order valence-electron chi connectivity index (χ4n) is 4.31. The molecule has 3 aromatic rings. The summed E-state index contributed by atoms with van der Waals surface area (Å²) in [5.41, 5.74) is -0.318. The Morgan fingerprint density at radius 1 is 0.895 bits per heavy atom. The maximum Gasteiger partial charge on any atom is 0.329 e. The first-order chi connectivity index (χ1) is 18.0. The van der Waals surface area contributed by atoms with Gasteiger partial charge in [0, 0.05) is 6.42 Å². The minimum absolute atomic E-state index is 0.0204. The van der Waals surface area contributed by atoms with Crippen molar-refractivity contribution in [3.8, 4) is 0 Å². The van der Waals surface area contributed by atoms with E-state index in [9.17, 15) is 29.1 Å². The largest absolute Gasteiger partial charge is 0.480 e. The molecule has 0 fully saturated rings. The number of H-pyrrole nitrogens is 1. The highest BCUT2D eigenvalue weighted by molar-refractivity contribution is 5.92. The number of para-hydroxylation sites is 1.